The lowest BCUT2D eigenvalue weighted by Gasteiger charge is -2.19. The molecule has 0 aliphatic heterocycles. The lowest BCUT2D eigenvalue weighted by atomic mass is 10.0. The SMILES string of the molecule is COC(=O)C[C@H](NC(=O)C1CC1)c1ccccc1Cl. The first-order valence-electron chi connectivity index (χ1n) is 6.23. The van der Waals surface area contributed by atoms with E-state index in [9.17, 15) is 9.59 Å². The predicted molar refractivity (Wildman–Crippen MR) is 71.7 cm³/mol. The van der Waals surface area contributed by atoms with E-state index in [-0.39, 0.29) is 24.2 Å². The molecule has 0 aromatic heterocycles. The van der Waals surface area contributed by atoms with Gasteiger partial charge < -0.3 is 10.1 Å². The first kappa shape index (κ1) is 13.9. The van der Waals surface area contributed by atoms with Crippen LogP contribution < -0.4 is 5.32 Å². The van der Waals surface area contributed by atoms with Gasteiger partial charge in [-0.1, -0.05) is 29.8 Å². The van der Waals surface area contributed by atoms with Crippen LogP contribution >= 0.6 is 11.6 Å². The summed E-state index contributed by atoms with van der Waals surface area (Å²) in [5, 5.41) is 3.41. The van der Waals surface area contributed by atoms with Gasteiger partial charge in [-0.3, -0.25) is 9.59 Å². The summed E-state index contributed by atoms with van der Waals surface area (Å²) in [5.41, 5.74) is 0.739. The van der Waals surface area contributed by atoms with Gasteiger partial charge >= 0.3 is 5.97 Å². The Hall–Kier alpha value is -1.55. The van der Waals surface area contributed by atoms with Crippen LogP contribution in [-0.4, -0.2) is 19.0 Å². The number of hydrogen-bond acceptors (Lipinski definition) is 3. The lowest BCUT2D eigenvalue weighted by molar-refractivity contribution is -0.141. The number of carbonyl (C=O) groups excluding carboxylic acids is 2. The number of amides is 1. The quantitative estimate of drug-likeness (QED) is 0.844. The molecular formula is C14H16ClNO3. The van der Waals surface area contributed by atoms with Gasteiger partial charge in [0.25, 0.3) is 0 Å². The summed E-state index contributed by atoms with van der Waals surface area (Å²) < 4.78 is 4.67. The number of methoxy groups -OCH3 is 1. The summed E-state index contributed by atoms with van der Waals surface area (Å²) in [6.07, 6.45) is 1.91. The third-order valence-electron chi connectivity index (χ3n) is 3.14. The van der Waals surface area contributed by atoms with Crippen molar-refractivity contribution >= 4 is 23.5 Å². The Balaban J connectivity index is 2.15. The van der Waals surface area contributed by atoms with E-state index in [0.717, 1.165) is 18.4 Å². The van der Waals surface area contributed by atoms with Gasteiger partial charge in [0.15, 0.2) is 0 Å². The predicted octanol–water partition coefficient (Wildman–Crippen LogP) is 2.47. The van der Waals surface area contributed by atoms with Gasteiger partial charge in [-0.25, -0.2) is 0 Å². The van der Waals surface area contributed by atoms with Crippen LogP contribution in [0, 0.1) is 5.92 Å². The molecular weight excluding hydrogens is 266 g/mol. The van der Waals surface area contributed by atoms with E-state index in [1.54, 1.807) is 6.07 Å². The van der Waals surface area contributed by atoms with Crippen molar-refractivity contribution in [2.45, 2.75) is 25.3 Å². The molecule has 0 unspecified atom stereocenters. The summed E-state index contributed by atoms with van der Waals surface area (Å²) in [6, 6.07) is 6.75. The minimum absolute atomic E-state index is 0.0196. The second-order valence-electron chi connectivity index (χ2n) is 4.64. The summed E-state index contributed by atoms with van der Waals surface area (Å²) >= 11 is 6.12. The molecule has 0 heterocycles. The zero-order valence-corrected chi connectivity index (χ0v) is 11.4. The van der Waals surface area contributed by atoms with Crippen molar-refractivity contribution in [3.05, 3.63) is 34.9 Å². The maximum atomic E-state index is 11.9. The summed E-state index contributed by atoms with van der Waals surface area (Å²) in [5.74, 6) is -0.308. The van der Waals surface area contributed by atoms with Crippen LogP contribution in [0.1, 0.15) is 30.9 Å². The van der Waals surface area contributed by atoms with Crippen LogP contribution in [0.4, 0.5) is 0 Å². The minimum Gasteiger partial charge on any atom is -0.469 e. The molecule has 5 heteroatoms. The molecule has 1 aliphatic rings. The van der Waals surface area contributed by atoms with E-state index in [2.05, 4.69) is 10.1 Å². The van der Waals surface area contributed by atoms with E-state index in [0.29, 0.717) is 5.02 Å². The van der Waals surface area contributed by atoms with Crippen LogP contribution in [0.25, 0.3) is 0 Å². The molecule has 4 nitrogen and oxygen atoms in total. The Morgan fingerprint density at radius 3 is 2.68 bits per heavy atom. The molecule has 1 fully saturated rings. The van der Waals surface area contributed by atoms with Crippen molar-refractivity contribution in [2.24, 2.45) is 5.92 Å². The number of carbonyl (C=O) groups is 2. The first-order chi connectivity index (χ1) is 9.11. The third-order valence-corrected chi connectivity index (χ3v) is 3.49. The topological polar surface area (TPSA) is 55.4 Å². The van der Waals surface area contributed by atoms with Gasteiger partial charge in [0.1, 0.15) is 0 Å². The highest BCUT2D eigenvalue weighted by molar-refractivity contribution is 6.31. The molecule has 2 rings (SSSR count). The molecule has 1 atom stereocenters. The van der Waals surface area contributed by atoms with Crippen LogP contribution in [-0.2, 0) is 14.3 Å². The fourth-order valence-electron chi connectivity index (χ4n) is 1.88. The molecule has 1 aromatic rings. The Labute approximate surface area is 117 Å². The number of esters is 1. The molecule has 1 saturated carbocycles. The number of hydrogen-bond donors (Lipinski definition) is 1. The highest BCUT2D eigenvalue weighted by Gasteiger charge is 2.32. The van der Waals surface area contributed by atoms with Crippen molar-refractivity contribution in [3.8, 4) is 0 Å². The largest absolute Gasteiger partial charge is 0.469 e. The second kappa shape index (κ2) is 6.06. The molecule has 1 aromatic carbocycles. The van der Waals surface area contributed by atoms with Gasteiger partial charge in [0.2, 0.25) is 5.91 Å². The lowest BCUT2D eigenvalue weighted by Crippen LogP contribution is -2.31. The summed E-state index contributed by atoms with van der Waals surface area (Å²) in [6.45, 7) is 0. The third kappa shape index (κ3) is 3.70. The maximum absolute atomic E-state index is 11.9. The van der Waals surface area contributed by atoms with Crippen molar-refractivity contribution in [3.63, 3.8) is 0 Å². The Morgan fingerprint density at radius 1 is 1.42 bits per heavy atom. The van der Waals surface area contributed by atoms with Crippen LogP contribution in [0.5, 0.6) is 0 Å². The molecule has 19 heavy (non-hydrogen) atoms. The molecule has 0 spiro atoms. The van der Waals surface area contributed by atoms with Crippen molar-refractivity contribution in [1.29, 1.82) is 0 Å². The number of benzene rings is 1. The summed E-state index contributed by atoms with van der Waals surface area (Å²) in [7, 11) is 1.33. The number of ether oxygens (including phenoxy) is 1. The number of rotatable bonds is 5. The normalized spacial score (nSPS) is 15.7. The van der Waals surface area contributed by atoms with Crippen molar-refractivity contribution < 1.29 is 14.3 Å². The fraction of sp³-hybridized carbons (Fsp3) is 0.429. The van der Waals surface area contributed by atoms with Gasteiger partial charge in [0.05, 0.1) is 19.6 Å². The summed E-state index contributed by atoms with van der Waals surface area (Å²) in [4.78, 5) is 23.3. The Kier molecular flexibility index (Phi) is 4.43. The van der Waals surface area contributed by atoms with E-state index < -0.39 is 6.04 Å². The minimum atomic E-state index is -0.436. The van der Waals surface area contributed by atoms with Crippen molar-refractivity contribution in [1.82, 2.24) is 5.32 Å². The standard InChI is InChI=1S/C14H16ClNO3/c1-19-13(17)8-12(16-14(18)9-6-7-9)10-4-2-3-5-11(10)15/h2-5,9,12H,6-8H2,1H3,(H,16,18)/t12-/m0/s1. The van der Waals surface area contributed by atoms with Crippen LogP contribution in [0.2, 0.25) is 5.02 Å². The number of halogens is 1. The maximum Gasteiger partial charge on any atom is 0.307 e. The van der Waals surface area contributed by atoms with E-state index in [1.165, 1.54) is 7.11 Å². The second-order valence-corrected chi connectivity index (χ2v) is 5.04. The van der Waals surface area contributed by atoms with Crippen LogP contribution in [0.3, 0.4) is 0 Å². The zero-order chi connectivity index (χ0) is 13.8. The Bertz CT molecular complexity index is 485. The molecule has 1 aliphatic carbocycles. The number of nitrogens with one attached hydrogen (secondary N) is 1. The zero-order valence-electron chi connectivity index (χ0n) is 10.7. The molecule has 1 amide bonds. The van der Waals surface area contributed by atoms with Gasteiger partial charge in [-0.05, 0) is 24.5 Å². The molecule has 0 saturated heterocycles. The molecule has 102 valence electrons. The smallest absolute Gasteiger partial charge is 0.307 e. The molecule has 1 N–H and O–H groups in total. The van der Waals surface area contributed by atoms with E-state index in [4.69, 9.17) is 11.6 Å². The Morgan fingerprint density at radius 2 is 2.11 bits per heavy atom. The molecule has 0 bridgehead atoms. The average molecular weight is 282 g/mol. The van der Waals surface area contributed by atoms with Crippen LogP contribution in [0.15, 0.2) is 24.3 Å². The van der Waals surface area contributed by atoms with Gasteiger partial charge in [0, 0.05) is 10.9 Å². The fourth-order valence-corrected chi connectivity index (χ4v) is 2.15. The average Bonchev–Trinajstić information content (AvgIpc) is 3.22. The van der Waals surface area contributed by atoms with E-state index in [1.807, 2.05) is 18.2 Å². The monoisotopic (exact) mass is 281 g/mol. The van der Waals surface area contributed by atoms with E-state index >= 15 is 0 Å². The first-order valence-corrected chi connectivity index (χ1v) is 6.61. The van der Waals surface area contributed by atoms with Crippen molar-refractivity contribution in [2.75, 3.05) is 7.11 Å². The molecule has 0 radical (unpaired) electrons. The highest BCUT2D eigenvalue weighted by atomic mass is 35.5. The van der Waals surface area contributed by atoms with Gasteiger partial charge in [-0.15, -0.1) is 0 Å². The highest BCUT2D eigenvalue weighted by Crippen LogP contribution is 2.31. The van der Waals surface area contributed by atoms with Gasteiger partial charge in [-0.2, -0.15) is 0 Å².